The van der Waals surface area contributed by atoms with E-state index in [1.807, 2.05) is 0 Å². The fourth-order valence-corrected chi connectivity index (χ4v) is 1.10. The molecule has 0 spiro atoms. The largest absolute Gasteiger partial charge is 0.392 e. The topological polar surface area (TPSA) is 37.3 Å². The summed E-state index contributed by atoms with van der Waals surface area (Å²) in [6, 6.07) is 0. The molecule has 2 nitrogen and oxygen atoms in total. The Kier molecular flexibility index (Phi) is 4.00. The van der Waals surface area contributed by atoms with E-state index in [9.17, 15) is 17.7 Å². The maximum atomic E-state index is 11.5. The molecule has 0 rings (SSSR count). The van der Waals surface area contributed by atoms with Crippen LogP contribution < -0.4 is 0 Å². The molecule has 0 aromatic heterocycles. The summed E-state index contributed by atoms with van der Waals surface area (Å²) in [5, 5.41) is 0. The molecule has 0 fully saturated rings. The zero-order chi connectivity index (χ0) is 9.83. The van der Waals surface area contributed by atoms with Crippen LogP contribution in [0.5, 0.6) is 0 Å². The van der Waals surface area contributed by atoms with E-state index in [0.29, 0.717) is 6.08 Å². The predicted molar refractivity (Wildman–Crippen MR) is 40.2 cm³/mol. The highest BCUT2D eigenvalue weighted by atomic mass is 31.2. The molecule has 1 atom stereocenters. The Hall–Kier alpha value is -0.280. The van der Waals surface area contributed by atoms with Crippen LogP contribution in [0, 0.1) is 0 Å². The summed E-state index contributed by atoms with van der Waals surface area (Å²) in [5.74, 6) is 0.737. The van der Waals surface area contributed by atoms with E-state index in [-0.39, 0.29) is 6.16 Å². The van der Waals surface area contributed by atoms with Gasteiger partial charge >= 0.3 is 6.18 Å². The zero-order valence-corrected chi connectivity index (χ0v) is 7.40. The monoisotopic (exact) mass is 202 g/mol. The number of halogens is 3. The lowest BCUT2D eigenvalue weighted by Crippen LogP contribution is -2.04. The number of allylic oxidation sites excluding steroid dienone is 1. The summed E-state index contributed by atoms with van der Waals surface area (Å²) >= 11 is 0. The molecule has 0 saturated carbocycles. The molecule has 72 valence electrons. The highest BCUT2D eigenvalue weighted by molar-refractivity contribution is 7.61. The van der Waals surface area contributed by atoms with Crippen molar-refractivity contribution in [3.05, 3.63) is 11.9 Å². The average molecular weight is 202 g/mol. The minimum Gasteiger partial charge on any atom is -0.341 e. The molecule has 12 heavy (non-hydrogen) atoms. The van der Waals surface area contributed by atoms with E-state index in [0.717, 1.165) is 5.82 Å². The molecular formula is C6H10F3O2P. The second kappa shape index (κ2) is 4.10. The third-order valence-electron chi connectivity index (χ3n) is 1.14. The zero-order valence-electron chi connectivity index (χ0n) is 6.51. The molecule has 0 aliphatic carbocycles. The Bertz CT molecular complexity index is 209. The Labute approximate surface area is 68.5 Å². The number of rotatable bonds is 3. The Morgan fingerprint density at radius 2 is 2.00 bits per heavy atom. The van der Waals surface area contributed by atoms with Crippen LogP contribution in [0.3, 0.4) is 0 Å². The van der Waals surface area contributed by atoms with Crippen molar-refractivity contribution in [2.75, 3.05) is 6.16 Å². The van der Waals surface area contributed by atoms with Crippen LogP contribution in [-0.4, -0.2) is 17.2 Å². The molecule has 6 heteroatoms. The SMILES string of the molecule is CCP(=O)(O)C=CCC(F)(F)F. The van der Waals surface area contributed by atoms with Gasteiger partial charge in [0, 0.05) is 6.16 Å². The summed E-state index contributed by atoms with van der Waals surface area (Å²) in [4.78, 5) is 8.82. The number of hydrogen-bond acceptors (Lipinski definition) is 1. The lowest BCUT2D eigenvalue weighted by atomic mass is 10.4. The van der Waals surface area contributed by atoms with Gasteiger partial charge in [-0.15, -0.1) is 0 Å². The van der Waals surface area contributed by atoms with Crippen LogP contribution in [0.2, 0.25) is 0 Å². The van der Waals surface area contributed by atoms with Crippen LogP contribution in [0.25, 0.3) is 0 Å². The Morgan fingerprint density at radius 3 is 2.33 bits per heavy atom. The quantitative estimate of drug-likeness (QED) is 0.714. The predicted octanol–water partition coefficient (Wildman–Crippen LogP) is 2.74. The van der Waals surface area contributed by atoms with Crippen molar-refractivity contribution in [2.45, 2.75) is 19.5 Å². The molecule has 0 aliphatic heterocycles. The summed E-state index contributed by atoms with van der Waals surface area (Å²) in [7, 11) is -3.44. The molecule has 0 aromatic carbocycles. The third-order valence-corrected chi connectivity index (χ3v) is 2.72. The highest BCUT2D eigenvalue weighted by Crippen LogP contribution is 2.41. The van der Waals surface area contributed by atoms with Gasteiger partial charge in [-0.05, 0) is 5.82 Å². The van der Waals surface area contributed by atoms with Gasteiger partial charge in [-0.2, -0.15) is 13.2 Å². The third kappa shape index (κ3) is 6.43. The van der Waals surface area contributed by atoms with Crippen LogP contribution >= 0.6 is 7.37 Å². The molecule has 0 saturated heterocycles. The van der Waals surface area contributed by atoms with Crippen molar-refractivity contribution < 1.29 is 22.6 Å². The van der Waals surface area contributed by atoms with Crippen molar-refractivity contribution in [2.24, 2.45) is 0 Å². The highest BCUT2D eigenvalue weighted by Gasteiger charge is 2.25. The first-order valence-corrected chi connectivity index (χ1v) is 5.24. The fraction of sp³-hybridized carbons (Fsp3) is 0.667. The average Bonchev–Trinajstić information content (AvgIpc) is 1.84. The minimum atomic E-state index is -4.30. The molecule has 0 aromatic rings. The molecule has 0 heterocycles. The van der Waals surface area contributed by atoms with Gasteiger partial charge in [0.25, 0.3) is 0 Å². The van der Waals surface area contributed by atoms with Gasteiger partial charge in [-0.3, -0.25) is 4.57 Å². The van der Waals surface area contributed by atoms with Gasteiger partial charge in [0.05, 0.1) is 6.42 Å². The van der Waals surface area contributed by atoms with Gasteiger partial charge in [0.2, 0.25) is 7.37 Å². The van der Waals surface area contributed by atoms with E-state index in [2.05, 4.69) is 0 Å². The first-order valence-electron chi connectivity index (χ1n) is 3.33. The normalized spacial score (nSPS) is 18.1. The molecule has 0 aliphatic rings. The van der Waals surface area contributed by atoms with Gasteiger partial charge in [-0.1, -0.05) is 13.0 Å². The number of hydrogen-bond donors (Lipinski definition) is 1. The van der Waals surface area contributed by atoms with Crippen molar-refractivity contribution in [3.63, 3.8) is 0 Å². The van der Waals surface area contributed by atoms with Crippen LogP contribution in [0.1, 0.15) is 13.3 Å². The lowest BCUT2D eigenvalue weighted by Gasteiger charge is -2.03. The van der Waals surface area contributed by atoms with E-state index in [1.54, 1.807) is 0 Å². The fourth-order valence-electron chi connectivity index (χ4n) is 0.456. The number of alkyl halides is 3. The Morgan fingerprint density at radius 1 is 1.50 bits per heavy atom. The molecule has 0 radical (unpaired) electrons. The van der Waals surface area contributed by atoms with Crippen LogP contribution in [0.15, 0.2) is 11.9 Å². The summed E-state index contributed by atoms with van der Waals surface area (Å²) < 4.78 is 45.3. The first-order chi connectivity index (χ1) is 5.27. The van der Waals surface area contributed by atoms with Crippen molar-refractivity contribution >= 4 is 7.37 Å². The smallest absolute Gasteiger partial charge is 0.341 e. The maximum Gasteiger partial charge on any atom is 0.392 e. The second-order valence-electron chi connectivity index (χ2n) is 2.28. The second-order valence-corrected chi connectivity index (χ2v) is 4.72. The summed E-state index contributed by atoms with van der Waals surface area (Å²) in [6.45, 7) is 1.44. The van der Waals surface area contributed by atoms with E-state index in [4.69, 9.17) is 4.89 Å². The van der Waals surface area contributed by atoms with E-state index in [1.165, 1.54) is 6.92 Å². The first kappa shape index (κ1) is 11.7. The summed E-state index contributed by atoms with van der Waals surface area (Å²) in [6.07, 6.45) is -4.81. The molecular weight excluding hydrogens is 192 g/mol. The minimum absolute atomic E-state index is 0.0403. The van der Waals surface area contributed by atoms with Gasteiger partial charge < -0.3 is 4.89 Å². The summed E-state index contributed by atoms with van der Waals surface area (Å²) in [5.41, 5.74) is 0. The van der Waals surface area contributed by atoms with Crippen molar-refractivity contribution in [1.82, 2.24) is 0 Å². The standard InChI is InChI=1S/C6H10F3O2P/c1-2-12(10,11)5-3-4-6(7,8)9/h3,5H,2,4H2,1H3,(H,10,11). The van der Waals surface area contributed by atoms with Crippen LogP contribution in [-0.2, 0) is 4.57 Å². The maximum absolute atomic E-state index is 11.5. The molecule has 1 unspecified atom stereocenters. The van der Waals surface area contributed by atoms with Crippen LogP contribution in [0.4, 0.5) is 13.2 Å². The lowest BCUT2D eigenvalue weighted by molar-refractivity contribution is -0.124. The molecule has 1 N–H and O–H groups in total. The van der Waals surface area contributed by atoms with Gasteiger partial charge in [-0.25, -0.2) is 0 Å². The van der Waals surface area contributed by atoms with Gasteiger partial charge in [0.15, 0.2) is 0 Å². The van der Waals surface area contributed by atoms with Gasteiger partial charge in [0.1, 0.15) is 0 Å². The Balaban J connectivity index is 4.02. The molecule has 0 amide bonds. The van der Waals surface area contributed by atoms with Crippen molar-refractivity contribution in [1.29, 1.82) is 0 Å². The molecule has 0 bridgehead atoms. The van der Waals surface area contributed by atoms with E-state index < -0.39 is 20.0 Å². The van der Waals surface area contributed by atoms with Crippen molar-refractivity contribution in [3.8, 4) is 0 Å². The van der Waals surface area contributed by atoms with E-state index >= 15 is 0 Å².